The molecule has 9 heteroatoms. The standard InChI is InChI=1S/C14H16F3N3O2S/c15-14(16,17)8-23-11-4-2-1-3-10(11)18-7-12(21)20-13(22)19-9-5-6-9/h1-4,9,18H,5-8H2,(H2,19,20,21,22). The number of imide groups is 1. The molecule has 3 N–H and O–H groups in total. The molecule has 1 aromatic carbocycles. The Morgan fingerprint density at radius 3 is 2.57 bits per heavy atom. The molecule has 1 aromatic rings. The van der Waals surface area contributed by atoms with Gasteiger partial charge >= 0.3 is 12.2 Å². The summed E-state index contributed by atoms with van der Waals surface area (Å²) >= 11 is 0.638. The van der Waals surface area contributed by atoms with Crippen molar-refractivity contribution < 1.29 is 22.8 Å². The maximum atomic E-state index is 12.3. The predicted molar refractivity (Wildman–Crippen MR) is 81.4 cm³/mol. The van der Waals surface area contributed by atoms with Crippen LogP contribution in [0.15, 0.2) is 29.2 Å². The van der Waals surface area contributed by atoms with Crippen molar-refractivity contribution in [3.63, 3.8) is 0 Å². The van der Waals surface area contributed by atoms with Gasteiger partial charge in [-0.15, -0.1) is 11.8 Å². The summed E-state index contributed by atoms with van der Waals surface area (Å²) in [5.41, 5.74) is 0.416. The van der Waals surface area contributed by atoms with Crippen LogP contribution in [-0.2, 0) is 4.79 Å². The molecule has 0 saturated heterocycles. The van der Waals surface area contributed by atoms with E-state index in [1.807, 2.05) is 0 Å². The first-order valence-electron chi connectivity index (χ1n) is 6.96. The minimum atomic E-state index is -4.27. The minimum absolute atomic E-state index is 0.134. The third kappa shape index (κ3) is 6.81. The van der Waals surface area contributed by atoms with Gasteiger partial charge < -0.3 is 10.6 Å². The van der Waals surface area contributed by atoms with Crippen molar-refractivity contribution in [1.29, 1.82) is 0 Å². The number of halogens is 3. The van der Waals surface area contributed by atoms with Crippen LogP contribution in [0.3, 0.4) is 0 Å². The number of carbonyl (C=O) groups is 2. The average molecular weight is 347 g/mol. The maximum Gasteiger partial charge on any atom is 0.398 e. The maximum absolute atomic E-state index is 12.3. The van der Waals surface area contributed by atoms with E-state index in [4.69, 9.17) is 0 Å². The van der Waals surface area contributed by atoms with E-state index in [2.05, 4.69) is 16.0 Å². The van der Waals surface area contributed by atoms with Gasteiger partial charge in [0.25, 0.3) is 0 Å². The molecule has 1 saturated carbocycles. The van der Waals surface area contributed by atoms with E-state index < -0.39 is 23.9 Å². The van der Waals surface area contributed by atoms with Crippen LogP contribution in [0.1, 0.15) is 12.8 Å². The number of alkyl halides is 3. The zero-order chi connectivity index (χ0) is 16.9. The Kier molecular flexibility index (Phi) is 5.75. The second-order valence-electron chi connectivity index (χ2n) is 5.05. The number of urea groups is 1. The number of nitrogens with one attached hydrogen (secondary N) is 3. The Labute approximate surface area is 135 Å². The lowest BCUT2D eigenvalue weighted by atomic mass is 10.3. The van der Waals surface area contributed by atoms with Crippen molar-refractivity contribution in [2.75, 3.05) is 17.6 Å². The average Bonchev–Trinajstić information content (AvgIpc) is 3.26. The van der Waals surface area contributed by atoms with Crippen LogP contribution in [0.25, 0.3) is 0 Å². The molecule has 0 atom stereocenters. The van der Waals surface area contributed by atoms with Crippen molar-refractivity contribution in [1.82, 2.24) is 10.6 Å². The number of benzene rings is 1. The smallest absolute Gasteiger partial charge is 0.375 e. The zero-order valence-electron chi connectivity index (χ0n) is 12.1. The van der Waals surface area contributed by atoms with Crippen LogP contribution in [-0.4, -0.2) is 36.5 Å². The molecule has 3 amide bonds. The first-order chi connectivity index (χ1) is 10.8. The van der Waals surface area contributed by atoms with Gasteiger partial charge in [-0.2, -0.15) is 13.2 Å². The molecule has 23 heavy (non-hydrogen) atoms. The Balaban J connectivity index is 1.82. The van der Waals surface area contributed by atoms with Gasteiger partial charge in [0.2, 0.25) is 5.91 Å². The van der Waals surface area contributed by atoms with Crippen molar-refractivity contribution in [2.24, 2.45) is 0 Å². The third-order valence-corrected chi connectivity index (χ3v) is 4.02. The summed E-state index contributed by atoms with van der Waals surface area (Å²) in [6.45, 7) is -0.207. The monoisotopic (exact) mass is 347 g/mol. The van der Waals surface area contributed by atoms with Crippen molar-refractivity contribution in [2.45, 2.75) is 30.0 Å². The normalized spacial score (nSPS) is 14.2. The highest BCUT2D eigenvalue weighted by atomic mass is 32.2. The fraction of sp³-hybridized carbons (Fsp3) is 0.429. The highest BCUT2D eigenvalue weighted by Gasteiger charge is 2.27. The molecule has 0 bridgehead atoms. The minimum Gasteiger partial charge on any atom is -0.375 e. The molecule has 2 rings (SSSR count). The lowest BCUT2D eigenvalue weighted by molar-refractivity contribution is -0.118. The first kappa shape index (κ1) is 17.5. The number of thioether (sulfide) groups is 1. The number of hydrogen-bond donors (Lipinski definition) is 3. The van der Waals surface area contributed by atoms with Crippen LogP contribution in [0.5, 0.6) is 0 Å². The Morgan fingerprint density at radius 2 is 1.91 bits per heavy atom. The molecule has 0 unspecified atom stereocenters. The van der Waals surface area contributed by atoms with E-state index in [1.54, 1.807) is 18.2 Å². The van der Waals surface area contributed by atoms with Crippen LogP contribution in [0.4, 0.5) is 23.7 Å². The van der Waals surface area contributed by atoms with E-state index in [1.165, 1.54) is 6.07 Å². The lowest BCUT2D eigenvalue weighted by Gasteiger charge is -2.12. The zero-order valence-corrected chi connectivity index (χ0v) is 12.9. The van der Waals surface area contributed by atoms with Gasteiger partial charge in [-0.1, -0.05) is 12.1 Å². The Morgan fingerprint density at radius 1 is 1.22 bits per heavy atom. The molecular formula is C14H16F3N3O2S. The predicted octanol–water partition coefficient (Wildman–Crippen LogP) is 2.74. The van der Waals surface area contributed by atoms with Crippen molar-refractivity contribution >= 4 is 29.4 Å². The summed E-state index contributed by atoms with van der Waals surface area (Å²) in [6.07, 6.45) is -2.45. The van der Waals surface area contributed by atoms with E-state index in [0.717, 1.165) is 12.8 Å². The Hall–Kier alpha value is -1.90. The van der Waals surface area contributed by atoms with Gasteiger partial charge in [-0.25, -0.2) is 4.79 Å². The third-order valence-electron chi connectivity index (χ3n) is 2.88. The fourth-order valence-corrected chi connectivity index (χ4v) is 2.48. The van der Waals surface area contributed by atoms with Gasteiger partial charge in [-0.05, 0) is 25.0 Å². The van der Waals surface area contributed by atoms with Gasteiger partial charge in [0.1, 0.15) is 0 Å². The molecule has 0 radical (unpaired) electrons. The summed E-state index contributed by atoms with van der Waals surface area (Å²) in [5, 5.41) is 7.51. The SMILES string of the molecule is O=C(CNc1ccccc1SCC(F)(F)F)NC(=O)NC1CC1. The summed E-state index contributed by atoms with van der Waals surface area (Å²) in [5.74, 6) is -1.57. The second-order valence-corrected chi connectivity index (χ2v) is 6.07. The second kappa shape index (κ2) is 7.58. The highest BCUT2D eigenvalue weighted by molar-refractivity contribution is 7.99. The quantitative estimate of drug-likeness (QED) is 0.692. The van der Waals surface area contributed by atoms with Crippen LogP contribution in [0, 0.1) is 0 Å². The van der Waals surface area contributed by atoms with Crippen molar-refractivity contribution in [3.8, 4) is 0 Å². The molecule has 1 fully saturated rings. The summed E-state index contributed by atoms with van der Waals surface area (Å²) < 4.78 is 36.9. The lowest BCUT2D eigenvalue weighted by Crippen LogP contribution is -2.42. The van der Waals surface area contributed by atoms with Crippen LogP contribution in [0.2, 0.25) is 0 Å². The number of rotatable bonds is 6. The van der Waals surface area contributed by atoms with E-state index in [9.17, 15) is 22.8 Å². The summed E-state index contributed by atoms with van der Waals surface area (Å²) in [6, 6.07) is 5.96. The number of hydrogen-bond acceptors (Lipinski definition) is 4. The molecule has 1 aliphatic rings. The van der Waals surface area contributed by atoms with Crippen molar-refractivity contribution in [3.05, 3.63) is 24.3 Å². The number of carbonyl (C=O) groups excluding carboxylic acids is 2. The number of anilines is 1. The molecule has 0 aliphatic heterocycles. The summed E-state index contributed by atoms with van der Waals surface area (Å²) in [4.78, 5) is 23.4. The topological polar surface area (TPSA) is 70.2 Å². The first-order valence-corrected chi connectivity index (χ1v) is 7.95. The molecule has 0 heterocycles. The number of para-hydroxylation sites is 1. The highest BCUT2D eigenvalue weighted by Crippen LogP contribution is 2.31. The van der Waals surface area contributed by atoms with Crippen LogP contribution < -0.4 is 16.0 Å². The summed E-state index contributed by atoms with van der Waals surface area (Å²) in [7, 11) is 0. The molecule has 0 aromatic heterocycles. The van der Waals surface area contributed by atoms with Gasteiger partial charge in [0.15, 0.2) is 0 Å². The largest absolute Gasteiger partial charge is 0.398 e. The van der Waals surface area contributed by atoms with Crippen LogP contribution >= 0.6 is 11.8 Å². The van der Waals surface area contributed by atoms with E-state index in [-0.39, 0.29) is 12.6 Å². The van der Waals surface area contributed by atoms with E-state index >= 15 is 0 Å². The molecule has 5 nitrogen and oxygen atoms in total. The van der Waals surface area contributed by atoms with Gasteiger partial charge in [0, 0.05) is 16.6 Å². The molecular weight excluding hydrogens is 331 g/mol. The van der Waals surface area contributed by atoms with E-state index in [0.29, 0.717) is 22.3 Å². The van der Waals surface area contributed by atoms with Gasteiger partial charge in [-0.3, -0.25) is 10.1 Å². The Bertz CT molecular complexity index is 577. The fourth-order valence-electron chi connectivity index (χ4n) is 1.69. The molecule has 1 aliphatic carbocycles. The molecule has 126 valence electrons. The van der Waals surface area contributed by atoms with Gasteiger partial charge in [0.05, 0.1) is 12.3 Å². The number of amides is 3. The molecule has 0 spiro atoms.